The lowest BCUT2D eigenvalue weighted by Gasteiger charge is -1.98. The van der Waals surface area contributed by atoms with Gasteiger partial charge in [0.15, 0.2) is 5.13 Å². The third-order valence-corrected chi connectivity index (χ3v) is 2.74. The summed E-state index contributed by atoms with van der Waals surface area (Å²) >= 11 is 1.17. The van der Waals surface area contributed by atoms with Gasteiger partial charge in [0.25, 0.3) is 5.91 Å². The van der Waals surface area contributed by atoms with Crippen molar-refractivity contribution in [3.63, 3.8) is 0 Å². The molecule has 0 aromatic carbocycles. The van der Waals surface area contributed by atoms with Crippen molar-refractivity contribution in [2.75, 3.05) is 5.73 Å². The standard InChI is InChI=1S/C9H10N6O3S/c10-9-12-6(4-19-9)8(18)11-1-5-2-15(14-13-5)3-7(16)17/h2,4H,1,3H2,(H2,10,12)(H,11,18)(H,16,17). The number of hydrogen-bond donors (Lipinski definition) is 3. The minimum atomic E-state index is -1.02. The maximum atomic E-state index is 11.6. The molecular formula is C9H10N6O3S. The van der Waals surface area contributed by atoms with E-state index in [1.54, 1.807) is 5.38 Å². The monoisotopic (exact) mass is 282 g/mol. The molecule has 10 heteroatoms. The van der Waals surface area contributed by atoms with Crippen LogP contribution in [0, 0.1) is 0 Å². The first-order valence-corrected chi connectivity index (χ1v) is 6.02. The van der Waals surface area contributed by atoms with Crippen LogP contribution in [0.3, 0.4) is 0 Å². The van der Waals surface area contributed by atoms with Gasteiger partial charge < -0.3 is 16.2 Å². The highest BCUT2D eigenvalue weighted by Crippen LogP contribution is 2.10. The molecule has 1 amide bonds. The normalized spacial score (nSPS) is 10.3. The Labute approximate surface area is 111 Å². The number of aliphatic carboxylic acids is 1. The third kappa shape index (κ3) is 3.48. The number of carboxylic acid groups (broad SMARTS) is 1. The number of nitrogens with one attached hydrogen (secondary N) is 1. The molecule has 0 aliphatic carbocycles. The number of thiazole rings is 1. The number of anilines is 1. The van der Waals surface area contributed by atoms with Gasteiger partial charge >= 0.3 is 5.97 Å². The average Bonchev–Trinajstić information content (AvgIpc) is 2.94. The highest BCUT2D eigenvalue weighted by molar-refractivity contribution is 7.13. The summed E-state index contributed by atoms with van der Waals surface area (Å²) in [5, 5.41) is 20.4. The van der Waals surface area contributed by atoms with Crippen molar-refractivity contribution in [1.82, 2.24) is 25.3 Å². The molecular weight excluding hydrogens is 272 g/mol. The predicted molar refractivity (Wildman–Crippen MR) is 65.4 cm³/mol. The molecule has 4 N–H and O–H groups in total. The first-order chi connectivity index (χ1) is 9.04. The first kappa shape index (κ1) is 13.0. The number of carbonyl (C=O) groups excluding carboxylic acids is 1. The van der Waals surface area contributed by atoms with E-state index < -0.39 is 5.97 Å². The van der Waals surface area contributed by atoms with E-state index in [0.29, 0.717) is 10.8 Å². The zero-order valence-electron chi connectivity index (χ0n) is 9.61. The Hall–Kier alpha value is -2.49. The number of aromatic nitrogens is 4. The summed E-state index contributed by atoms with van der Waals surface area (Å²) in [7, 11) is 0. The summed E-state index contributed by atoms with van der Waals surface area (Å²) in [5.74, 6) is -1.39. The van der Waals surface area contributed by atoms with Crippen LogP contribution in [0.25, 0.3) is 0 Å². The summed E-state index contributed by atoms with van der Waals surface area (Å²) in [6, 6.07) is 0. The van der Waals surface area contributed by atoms with Gasteiger partial charge in [-0.2, -0.15) is 0 Å². The van der Waals surface area contributed by atoms with E-state index in [4.69, 9.17) is 10.8 Å². The van der Waals surface area contributed by atoms with Gasteiger partial charge in [-0.25, -0.2) is 9.67 Å². The van der Waals surface area contributed by atoms with Crippen LogP contribution in [0.5, 0.6) is 0 Å². The maximum Gasteiger partial charge on any atom is 0.325 e. The fraction of sp³-hybridized carbons (Fsp3) is 0.222. The SMILES string of the molecule is Nc1nc(C(=O)NCc2cn(CC(=O)O)nn2)cs1. The van der Waals surface area contributed by atoms with Gasteiger partial charge in [0.1, 0.15) is 17.9 Å². The maximum absolute atomic E-state index is 11.6. The highest BCUT2D eigenvalue weighted by Gasteiger charge is 2.10. The van der Waals surface area contributed by atoms with Crippen LogP contribution in [0.2, 0.25) is 0 Å². The summed E-state index contributed by atoms with van der Waals surface area (Å²) < 4.78 is 1.17. The Morgan fingerprint density at radius 3 is 2.95 bits per heavy atom. The Balaban J connectivity index is 1.90. The zero-order valence-corrected chi connectivity index (χ0v) is 10.4. The van der Waals surface area contributed by atoms with Gasteiger partial charge in [0.05, 0.1) is 12.7 Å². The Kier molecular flexibility index (Phi) is 3.71. The molecule has 9 nitrogen and oxygen atoms in total. The Morgan fingerprint density at radius 2 is 2.32 bits per heavy atom. The van der Waals surface area contributed by atoms with Crippen LogP contribution < -0.4 is 11.1 Å². The minimum Gasteiger partial charge on any atom is -0.480 e. The molecule has 2 aromatic rings. The molecule has 0 spiro atoms. The number of nitrogen functional groups attached to an aromatic ring is 1. The van der Waals surface area contributed by atoms with Crippen LogP contribution in [-0.2, 0) is 17.9 Å². The molecule has 2 rings (SSSR count). The lowest BCUT2D eigenvalue weighted by atomic mass is 10.4. The van der Waals surface area contributed by atoms with Gasteiger partial charge in [-0.15, -0.1) is 16.4 Å². The van der Waals surface area contributed by atoms with Crippen LogP contribution >= 0.6 is 11.3 Å². The lowest BCUT2D eigenvalue weighted by Crippen LogP contribution is -2.23. The number of nitrogens with two attached hydrogens (primary N) is 1. The van der Waals surface area contributed by atoms with E-state index in [9.17, 15) is 9.59 Å². The van der Waals surface area contributed by atoms with Crippen LogP contribution in [0.4, 0.5) is 5.13 Å². The molecule has 100 valence electrons. The Morgan fingerprint density at radius 1 is 1.53 bits per heavy atom. The summed E-state index contributed by atoms with van der Waals surface area (Å²) in [5.41, 5.74) is 6.11. The summed E-state index contributed by atoms with van der Waals surface area (Å²) in [6.07, 6.45) is 1.45. The average molecular weight is 282 g/mol. The molecule has 0 bridgehead atoms. The number of carbonyl (C=O) groups is 2. The van der Waals surface area contributed by atoms with Crippen molar-refractivity contribution >= 4 is 28.3 Å². The van der Waals surface area contributed by atoms with Crippen molar-refractivity contribution in [2.45, 2.75) is 13.1 Å². The van der Waals surface area contributed by atoms with E-state index in [2.05, 4.69) is 20.6 Å². The fourth-order valence-corrected chi connectivity index (χ4v) is 1.83. The minimum absolute atomic E-state index is 0.135. The topological polar surface area (TPSA) is 136 Å². The molecule has 2 heterocycles. The number of carboxylic acids is 1. The van der Waals surface area contributed by atoms with E-state index in [-0.39, 0.29) is 24.7 Å². The van der Waals surface area contributed by atoms with Crippen LogP contribution in [0.15, 0.2) is 11.6 Å². The van der Waals surface area contributed by atoms with Crippen molar-refractivity contribution in [3.8, 4) is 0 Å². The molecule has 0 radical (unpaired) electrons. The molecule has 0 saturated carbocycles. The second-order valence-corrected chi connectivity index (χ2v) is 4.44. The molecule has 0 atom stereocenters. The Bertz CT molecular complexity index is 607. The zero-order chi connectivity index (χ0) is 13.8. The fourth-order valence-electron chi connectivity index (χ4n) is 1.29. The number of rotatable bonds is 5. The smallest absolute Gasteiger partial charge is 0.325 e. The molecule has 2 aromatic heterocycles. The van der Waals surface area contributed by atoms with Gasteiger partial charge in [-0.3, -0.25) is 9.59 Å². The summed E-state index contributed by atoms with van der Waals surface area (Å²) in [6.45, 7) is -0.139. The molecule has 0 aliphatic heterocycles. The quantitative estimate of drug-likeness (QED) is 0.661. The first-order valence-electron chi connectivity index (χ1n) is 5.14. The molecule has 0 saturated heterocycles. The van der Waals surface area contributed by atoms with Crippen LogP contribution in [-0.4, -0.2) is 37.0 Å². The number of amides is 1. The van der Waals surface area contributed by atoms with E-state index in [1.165, 1.54) is 22.2 Å². The van der Waals surface area contributed by atoms with Crippen LogP contribution in [0.1, 0.15) is 16.2 Å². The molecule has 0 unspecified atom stereocenters. The molecule has 0 fully saturated rings. The van der Waals surface area contributed by atoms with Crippen molar-refractivity contribution in [2.24, 2.45) is 0 Å². The lowest BCUT2D eigenvalue weighted by molar-refractivity contribution is -0.137. The third-order valence-electron chi connectivity index (χ3n) is 2.07. The highest BCUT2D eigenvalue weighted by atomic mass is 32.1. The van der Waals surface area contributed by atoms with E-state index in [0.717, 1.165) is 0 Å². The van der Waals surface area contributed by atoms with Gasteiger partial charge in [-0.1, -0.05) is 5.21 Å². The number of hydrogen-bond acceptors (Lipinski definition) is 7. The van der Waals surface area contributed by atoms with Gasteiger partial charge in [0.2, 0.25) is 0 Å². The van der Waals surface area contributed by atoms with E-state index in [1.807, 2.05) is 0 Å². The van der Waals surface area contributed by atoms with E-state index >= 15 is 0 Å². The number of nitrogens with zero attached hydrogens (tertiary/aromatic N) is 4. The largest absolute Gasteiger partial charge is 0.480 e. The van der Waals surface area contributed by atoms with Gasteiger partial charge in [0, 0.05) is 5.38 Å². The summed E-state index contributed by atoms with van der Waals surface area (Å²) in [4.78, 5) is 25.9. The van der Waals surface area contributed by atoms with Gasteiger partial charge in [-0.05, 0) is 0 Å². The predicted octanol–water partition coefficient (Wildman–Crippen LogP) is -0.669. The van der Waals surface area contributed by atoms with Crippen molar-refractivity contribution in [3.05, 3.63) is 23.0 Å². The molecule has 19 heavy (non-hydrogen) atoms. The second kappa shape index (κ2) is 5.44. The van der Waals surface area contributed by atoms with Crippen molar-refractivity contribution in [1.29, 1.82) is 0 Å². The second-order valence-electron chi connectivity index (χ2n) is 3.55. The van der Waals surface area contributed by atoms with Crippen molar-refractivity contribution < 1.29 is 14.7 Å². The molecule has 0 aliphatic rings.